The summed E-state index contributed by atoms with van der Waals surface area (Å²) in [6.07, 6.45) is 3.56. The Kier molecular flexibility index (Phi) is 11.1. The second kappa shape index (κ2) is 11.5. The zero-order valence-corrected chi connectivity index (χ0v) is 12.1. The van der Waals surface area contributed by atoms with Crippen molar-refractivity contribution < 1.29 is 14.3 Å². The molecule has 4 heteroatoms. The average Bonchev–Trinajstić information content (AvgIpc) is 2.32. The van der Waals surface area contributed by atoms with Crippen LogP contribution in [0, 0.1) is 11.8 Å². The number of carbonyl (C=O) groups is 1. The van der Waals surface area contributed by atoms with Crippen molar-refractivity contribution in [1.29, 1.82) is 0 Å². The number of nitrogens with two attached hydrogens (primary N) is 1. The molecule has 108 valence electrons. The average molecular weight is 259 g/mol. The Morgan fingerprint density at radius 3 is 2.50 bits per heavy atom. The van der Waals surface area contributed by atoms with Crippen LogP contribution < -0.4 is 5.73 Å². The maximum atomic E-state index is 11.5. The van der Waals surface area contributed by atoms with Crippen LogP contribution in [0.25, 0.3) is 0 Å². The zero-order chi connectivity index (χ0) is 13.8. The number of ether oxygens (including phenoxy) is 2. The topological polar surface area (TPSA) is 61.5 Å². The third-order valence-electron chi connectivity index (χ3n) is 2.73. The molecule has 0 rings (SSSR count). The fraction of sp³-hybridized carbons (Fsp3) is 0.929. The van der Waals surface area contributed by atoms with E-state index < -0.39 is 0 Å². The molecule has 0 fully saturated rings. The molecule has 0 aliphatic rings. The minimum atomic E-state index is -0.162. The molecule has 0 saturated carbocycles. The lowest BCUT2D eigenvalue weighted by Gasteiger charge is -2.16. The Balaban J connectivity index is 3.56. The van der Waals surface area contributed by atoms with Gasteiger partial charge in [0.15, 0.2) is 0 Å². The molecule has 2 N–H and O–H groups in total. The highest BCUT2D eigenvalue weighted by atomic mass is 16.6. The molecule has 0 spiro atoms. The molecule has 4 nitrogen and oxygen atoms in total. The van der Waals surface area contributed by atoms with Crippen LogP contribution in [0.1, 0.15) is 46.5 Å². The lowest BCUT2D eigenvalue weighted by molar-refractivity contribution is -0.146. The van der Waals surface area contributed by atoms with Crippen LogP contribution in [-0.4, -0.2) is 32.3 Å². The zero-order valence-electron chi connectivity index (χ0n) is 12.1. The van der Waals surface area contributed by atoms with E-state index in [1.54, 1.807) is 0 Å². The molecule has 0 aromatic heterocycles. The smallest absolute Gasteiger partial charge is 0.306 e. The lowest BCUT2D eigenvalue weighted by Crippen LogP contribution is -2.22. The quantitative estimate of drug-likeness (QED) is 0.457. The van der Waals surface area contributed by atoms with Gasteiger partial charge in [-0.1, -0.05) is 27.2 Å². The molecule has 18 heavy (non-hydrogen) atoms. The van der Waals surface area contributed by atoms with E-state index in [1.807, 2.05) is 0 Å². The molecular formula is C14H29NO3. The van der Waals surface area contributed by atoms with Crippen molar-refractivity contribution in [2.45, 2.75) is 46.5 Å². The molecule has 0 radical (unpaired) electrons. The number of carbonyl (C=O) groups excluding carboxylic acids is 1. The van der Waals surface area contributed by atoms with Crippen molar-refractivity contribution in [3.8, 4) is 0 Å². The minimum Gasteiger partial charge on any atom is -0.463 e. The predicted molar refractivity (Wildman–Crippen MR) is 73.3 cm³/mol. The summed E-state index contributed by atoms with van der Waals surface area (Å²) in [5.41, 5.74) is 5.65. The van der Waals surface area contributed by atoms with Crippen LogP contribution >= 0.6 is 0 Å². The lowest BCUT2D eigenvalue weighted by atomic mass is 9.94. The molecular weight excluding hydrogens is 230 g/mol. The Labute approximate surface area is 111 Å². The maximum absolute atomic E-state index is 11.5. The van der Waals surface area contributed by atoms with E-state index in [0.29, 0.717) is 32.1 Å². The van der Waals surface area contributed by atoms with Gasteiger partial charge in [-0.05, 0) is 31.2 Å². The van der Waals surface area contributed by atoms with Gasteiger partial charge in [0.25, 0.3) is 0 Å². The molecule has 0 aliphatic heterocycles. The van der Waals surface area contributed by atoms with Gasteiger partial charge < -0.3 is 15.2 Å². The number of unbranched alkanes of at least 4 members (excludes halogenated alkanes) is 1. The summed E-state index contributed by atoms with van der Waals surface area (Å²) in [4.78, 5) is 11.5. The first-order valence-corrected chi connectivity index (χ1v) is 7.03. The van der Waals surface area contributed by atoms with E-state index in [2.05, 4.69) is 20.8 Å². The van der Waals surface area contributed by atoms with Gasteiger partial charge in [0.05, 0.1) is 6.61 Å². The first-order chi connectivity index (χ1) is 8.60. The third kappa shape index (κ3) is 10.5. The number of hydrogen-bond donors (Lipinski definition) is 1. The van der Waals surface area contributed by atoms with Crippen molar-refractivity contribution in [1.82, 2.24) is 0 Å². The highest BCUT2D eigenvalue weighted by Gasteiger charge is 2.14. The summed E-state index contributed by atoms with van der Waals surface area (Å²) in [5.74, 6) is 0.632. The van der Waals surface area contributed by atoms with Gasteiger partial charge in [-0.3, -0.25) is 4.79 Å². The molecule has 0 saturated heterocycles. The van der Waals surface area contributed by atoms with Gasteiger partial charge >= 0.3 is 5.97 Å². The van der Waals surface area contributed by atoms with Crippen LogP contribution in [0.4, 0.5) is 0 Å². The van der Waals surface area contributed by atoms with Gasteiger partial charge in [0, 0.05) is 13.0 Å². The van der Waals surface area contributed by atoms with Gasteiger partial charge in [-0.2, -0.15) is 0 Å². The molecule has 0 aliphatic carbocycles. The summed E-state index contributed by atoms with van der Waals surface area (Å²) < 4.78 is 10.4. The monoisotopic (exact) mass is 259 g/mol. The largest absolute Gasteiger partial charge is 0.463 e. The van der Waals surface area contributed by atoms with Crippen LogP contribution in [0.2, 0.25) is 0 Å². The Hall–Kier alpha value is -0.610. The van der Waals surface area contributed by atoms with Crippen LogP contribution in [0.5, 0.6) is 0 Å². The Bertz CT molecular complexity index is 207. The summed E-state index contributed by atoms with van der Waals surface area (Å²) >= 11 is 0. The van der Waals surface area contributed by atoms with E-state index >= 15 is 0 Å². The molecule has 0 unspecified atom stereocenters. The van der Waals surface area contributed by atoms with Gasteiger partial charge in [-0.25, -0.2) is 0 Å². The predicted octanol–water partition coefficient (Wildman–Crippen LogP) is 2.36. The molecule has 0 aromatic rings. The van der Waals surface area contributed by atoms with Crippen molar-refractivity contribution in [2.75, 3.05) is 26.4 Å². The highest BCUT2D eigenvalue weighted by molar-refractivity contribution is 5.69. The van der Waals surface area contributed by atoms with Crippen LogP contribution in [0.15, 0.2) is 0 Å². The second-order valence-electron chi connectivity index (χ2n) is 5.12. The number of esters is 1. The van der Waals surface area contributed by atoms with Crippen molar-refractivity contribution in [2.24, 2.45) is 17.6 Å². The van der Waals surface area contributed by atoms with Gasteiger partial charge in [0.1, 0.15) is 6.61 Å². The summed E-state index contributed by atoms with van der Waals surface area (Å²) in [5, 5.41) is 0. The summed E-state index contributed by atoms with van der Waals surface area (Å²) in [7, 11) is 0. The normalized spacial score (nSPS) is 12.7. The molecule has 0 amide bonds. The molecule has 1 atom stereocenters. The number of hydrogen-bond acceptors (Lipinski definition) is 4. The van der Waals surface area contributed by atoms with E-state index in [0.717, 1.165) is 25.9 Å². The number of rotatable bonds is 11. The summed E-state index contributed by atoms with van der Waals surface area (Å²) in [6.45, 7) is 8.51. The van der Waals surface area contributed by atoms with E-state index in [4.69, 9.17) is 15.2 Å². The summed E-state index contributed by atoms with van der Waals surface area (Å²) in [6, 6.07) is 0. The SMILES string of the molecule is CCCCOCCOC(=O)C[C@@H](CN)CC(C)C. The van der Waals surface area contributed by atoms with Crippen molar-refractivity contribution >= 4 is 5.97 Å². The van der Waals surface area contributed by atoms with Crippen molar-refractivity contribution in [3.63, 3.8) is 0 Å². The van der Waals surface area contributed by atoms with Crippen molar-refractivity contribution in [3.05, 3.63) is 0 Å². The van der Waals surface area contributed by atoms with E-state index in [1.165, 1.54) is 0 Å². The van der Waals surface area contributed by atoms with Gasteiger partial charge in [-0.15, -0.1) is 0 Å². The fourth-order valence-electron chi connectivity index (χ4n) is 1.79. The van der Waals surface area contributed by atoms with E-state index in [9.17, 15) is 4.79 Å². The Morgan fingerprint density at radius 1 is 1.22 bits per heavy atom. The minimum absolute atomic E-state index is 0.162. The fourth-order valence-corrected chi connectivity index (χ4v) is 1.79. The van der Waals surface area contributed by atoms with Gasteiger partial charge in [0.2, 0.25) is 0 Å². The Morgan fingerprint density at radius 2 is 1.94 bits per heavy atom. The third-order valence-corrected chi connectivity index (χ3v) is 2.73. The van der Waals surface area contributed by atoms with Crippen LogP contribution in [-0.2, 0) is 14.3 Å². The standard InChI is InChI=1S/C14H29NO3/c1-4-5-6-17-7-8-18-14(16)10-13(11-15)9-12(2)3/h12-13H,4-11,15H2,1-3H3/t13-/m0/s1. The molecule has 0 heterocycles. The maximum Gasteiger partial charge on any atom is 0.306 e. The molecule has 0 aromatic carbocycles. The van der Waals surface area contributed by atoms with Crippen LogP contribution in [0.3, 0.4) is 0 Å². The second-order valence-corrected chi connectivity index (χ2v) is 5.12. The van der Waals surface area contributed by atoms with E-state index in [-0.39, 0.29) is 11.9 Å². The first-order valence-electron chi connectivity index (χ1n) is 7.03. The highest BCUT2D eigenvalue weighted by Crippen LogP contribution is 2.14. The molecule has 0 bridgehead atoms. The first kappa shape index (κ1) is 17.4.